The predicted molar refractivity (Wildman–Crippen MR) is 53.7 cm³/mol. The third-order valence-corrected chi connectivity index (χ3v) is 2.20. The van der Waals surface area contributed by atoms with Crippen molar-refractivity contribution in [3.8, 4) is 0 Å². The summed E-state index contributed by atoms with van der Waals surface area (Å²) in [7, 11) is 0. The second kappa shape index (κ2) is 2.45. The van der Waals surface area contributed by atoms with Crippen LogP contribution in [0.3, 0.4) is 0 Å². The van der Waals surface area contributed by atoms with Crippen molar-refractivity contribution in [1.29, 1.82) is 0 Å². The molecule has 14 heavy (non-hydrogen) atoms. The van der Waals surface area contributed by atoms with Gasteiger partial charge < -0.3 is 10.3 Å². The maximum atomic E-state index is 5.62. The molecule has 1 aromatic carbocycles. The molecule has 68 valence electrons. The van der Waals surface area contributed by atoms with Crippen molar-refractivity contribution in [2.24, 2.45) is 0 Å². The van der Waals surface area contributed by atoms with E-state index in [2.05, 4.69) is 10.1 Å². The van der Waals surface area contributed by atoms with Gasteiger partial charge in [0.05, 0.1) is 10.9 Å². The van der Waals surface area contributed by atoms with Crippen molar-refractivity contribution in [1.82, 2.24) is 10.1 Å². The average molecular weight is 185 g/mol. The Hall–Kier alpha value is -2.10. The van der Waals surface area contributed by atoms with E-state index in [1.165, 1.54) is 0 Å². The Balaban J connectivity index is 2.54. The number of anilines is 1. The second-order valence-corrected chi connectivity index (χ2v) is 3.10. The van der Waals surface area contributed by atoms with E-state index in [9.17, 15) is 0 Å². The van der Waals surface area contributed by atoms with Crippen LogP contribution in [0.1, 0.15) is 0 Å². The quantitative estimate of drug-likeness (QED) is 0.581. The third kappa shape index (κ3) is 0.877. The van der Waals surface area contributed by atoms with Gasteiger partial charge in [-0.05, 0) is 12.1 Å². The number of nitrogen functional groups attached to an aromatic ring is 1. The largest absolute Gasteiger partial charge is 0.380 e. The fourth-order valence-electron chi connectivity index (χ4n) is 1.49. The van der Waals surface area contributed by atoms with Crippen molar-refractivity contribution in [2.75, 3.05) is 5.73 Å². The number of benzene rings is 1. The number of para-hydroxylation sites is 1. The zero-order valence-electron chi connectivity index (χ0n) is 7.27. The van der Waals surface area contributed by atoms with Crippen molar-refractivity contribution in [3.05, 3.63) is 30.3 Å². The lowest BCUT2D eigenvalue weighted by Gasteiger charge is -1.94. The van der Waals surface area contributed by atoms with Crippen molar-refractivity contribution in [3.63, 3.8) is 0 Å². The summed E-state index contributed by atoms with van der Waals surface area (Å²) in [5.74, 6) is 0.387. The molecule has 0 aliphatic heterocycles. The van der Waals surface area contributed by atoms with Crippen molar-refractivity contribution >= 4 is 27.8 Å². The van der Waals surface area contributed by atoms with Gasteiger partial charge in [0.1, 0.15) is 0 Å². The van der Waals surface area contributed by atoms with Crippen LogP contribution >= 0.6 is 0 Å². The molecule has 0 radical (unpaired) electrons. The molecule has 0 unspecified atom stereocenters. The van der Waals surface area contributed by atoms with Crippen LogP contribution in [0.2, 0.25) is 0 Å². The van der Waals surface area contributed by atoms with Crippen LogP contribution in [0, 0.1) is 0 Å². The van der Waals surface area contributed by atoms with Crippen LogP contribution in [0.15, 0.2) is 34.9 Å². The van der Waals surface area contributed by atoms with Gasteiger partial charge >= 0.3 is 0 Å². The first-order chi connectivity index (χ1) is 6.84. The molecule has 3 aromatic rings. The van der Waals surface area contributed by atoms with E-state index in [0.29, 0.717) is 11.5 Å². The first-order valence-corrected chi connectivity index (χ1v) is 4.25. The Morgan fingerprint density at radius 3 is 3.00 bits per heavy atom. The van der Waals surface area contributed by atoms with Gasteiger partial charge in [0.25, 0.3) is 5.71 Å². The number of hydrogen-bond donors (Lipinski definition) is 1. The SMILES string of the molecule is Nc1noc2nc3ccccc3cc12. The minimum absolute atomic E-state index is 0.387. The molecule has 3 rings (SSSR count). The summed E-state index contributed by atoms with van der Waals surface area (Å²) in [6.07, 6.45) is 0. The van der Waals surface area contributed by atoms with Crippen LogP contribution < -0.4 is 5.73 Å². The number of pyridine rings is 1. The highest BCUT2D eigenvalue weighted by Crippen LogP contribution is 2.23. The van der Waals surface area contributed by atoms with Gasteiger partial charge in [-0.25, -0.2) is 4.98 Å². The standard InChI is InChI=1S/C10H7N3O/c11-9-7-5-6-3-1-2-4-8(6)12-10(7)14-13-9/h1-5H,(H2,11,13). The molecule has 0 saturated heterocycles. The van der Waals surface area contributed by atoms with Gasteiger partial charge in [-0.2, -0.15) is 0 Å². The molecule has 0 aliphatic carbocycles. The summed E-state index contributed by atoms with van der Waals surface area (Å²) in [4.78, 5) is 4.29. The number of hydrogen-bond acceptors (Lipinski definition) is 4. The van der Waals surface area contributed by atoms with Gasteiger partial charge in [0.15, 0.2) is 5.82 Å². The molecule has 0 amide bonds. The molecule has 2 aromatic heterocycles. The molecular weight excluding hydrogens is 178 g/mol. The Bertz CT molecular complexity index is 615. The molecule has 0 aliphatic rings. The van der Waals surface area contributed by atoms with E-state index in [1.807, 2.05) is 30.3 Å². The van der Waals surface area contributed by atoms with E-state index in [0.717, 1.165) is 16.3 Å². The summed E-state index contributed by atoms with van der Waals surface area (Å²) < 4.78 is 4.97. The van der Waals surface area contributed by atoms with Crippen LogP contribution in [-0.4, -0.2) is 10.1 Å². The number of nitrogens with two attached hydrogens (primary N) is 1. The number of rotatable bonds is 0. The Labute approximate surface area is 79.3 Å². The highest BCUT2D eigenvalue weighted by atomic mass is 16.5. The van der Waals surface area contributed by atoms with Crippen LogP contribution in [0.4, 0.5) is 5.82 Å². The van der Waals surface area contributed by atoms with E-state index in [4.69, 9.17) is 10.3 Å². The van der Waals surface area contributed by atoms with E-state index >= 15 is 0 Å². The van der Waals surface area contributed by atoms with Crippen molar-refractivity contribution in [2.45, 2.75) is 0 Å². The van der Waals surface area contributed by atoms with Crippen molar-refractivity contribution < 1.29 is 4.52 Å². The Kier molecular flexibility index (Phi) is 1.28. The number of fused-ring (bicyclic) bond motifs is 2. The number of nitrogens with zero attached hydrogens (tertiary/aromatic N) is 2. The molecule has 0 atom stereocenters. The Morgan fingerprint density at radius 1 is 1.21 bits per heavy atom. The molecule has 0 bridgehead atoms. The van der Waals surface area contributed by atoms with Gasteiger partial charge in [-0.1, -0.05) is 23.4 Å². The average Bonchev–Trinajstić information content (AvgIpc) is 2.57. The zero-order valence-corrected chi connectivity index (χ0v) is 7.27. The molecule has 0 saturated carbocycles. The number of aromatic nitrogens is 2. The summed E-state index contributed by atoms with van der Waals surface area (Å²) >= 11 is 0. The predicted octanol–water partition coefficient (Wildman–Crippen LogP) is 1.96. The smallest absolute Gasteiger partial charge is 0.260 e. The van der Waals surface area contributed by atoms with Gasteiger partial charge in [0, 0.05) is 5.39 Å². The summed E-state index contributed by atoms with van der Waals surface area (Å²) in [6, 6.07) is 9.73. The molecule has 4 heteroatoms. The molecule has 0 fully saturated rings. The first kappa shape index (κ1) is 7.32. The molecular formula is C10H7N3O. The molecule has 0 spiro atoms. The monoisotopic (exact) mass is 185 g/mol. The first-order valence-electron chi connectivity index (χ1n) is 4.25. The normalized spacial score (nSPS) is 11.1. The lowest BCUT2D eigenvalue weighted by atomic mass is 10.2. The fraction of sp³-hybridized carbons (Fsp3) is 0. The second-order valence-electron chi connectivity index (χ2n) is 3.10. The van der Waals surface area contributed by atoms with Gasteiger partial charge in [-0.3, -0.25) is 0 Å². The van der Waals surface area contributed by atoms with Gasteiger partial charge in [-0.15, -0.1) is 0 Å². The third-order valence-electron chi connectivity index (χ3n) is 2.20. The van der Waals surface area contributed by atoms with E-state index < -0.39 is 0 Å². The fourth-order valence-corrected chi connectivity index (χ4v) is 1.49. The maximum absolute atomic E-state index is 5.62. The highest BCUT2D eigenvalue weighted by molar-refractivity contribution is 5.94. The van der Waals surface area contributed by atoms with Crippen LogP contribution in [-0.2, 0) is 0 Å². The zero-order chi connectivity index (χ0) is 9.54. The maximum Gasteiger partial charge on any atom is 0.260 e. The lowest BCUT2D eigenvalue weighted by Crippen LogP contribution is -1.84. The van der Waals surface area contributed by atoms with Crippen LogP contribution in [0.5, 0.6) is 0 Å². The summed E-state index contributed by atoms with van der Waals surface area (Å²) in [5, 5.41) is 5.46. The minimum atomic E-state index is 0.387. The summed E-state index contributed by atoms with van der Waals surface area (Å²) in [5.41, 5.74) is 6.99. The Morgan fingerprint density at radius 2 is 2.07 bits per heavy atom. The van der Waals surface area contributed by atoms with E-state index in [-0.39, 0.29) is 0 Å². The molecule has 2 heterocycles. The van der Waals surface area contributed by atoms with E-state index in [1.54, 1.807) is 0 Å². The molecule has 2 N–H and O–H groups in total. The lowest BCUT2D eigenvalue weighted by molar-refractivity contribution is 0.453. The topological polar surface area (TPSA) is 64.9 Å². The minimum Gasteiger partial charge on any atom is -0.380 e. The highest BCUT2D eigenvalue weighted by Gasteiger charge is 2.06. The van der Waals surface area contributed by atoms with Gasteiger partial charge in [0.2, 0.25) is 0 Å². The van der Waals surface area contributed by atoms with Crippen LogP contribution in [0.25, 0.3) is 22.0 Å². The summed E-state index contributed by atoms with van der Waals surface area (Å²) in [6.45, 7) is 0. The molecule has 4 nitrogen and oxygen atoms in total.